The van der Waals surface area contributed by atoms with Crippen molar-refractivity contribution in [2.75, 3.05) is 16.2 Å². The topological polar surface area (TPSA) is 92.8 Å². The van der Waals surface area contributed by atoms with Crippen LogP contribution in [0, 0.1) is 6.92 Å². The fourth-order valence-electron chi connectivity index (χ4n) is 2.56. The third kappa shape index (κ3) is 5.56. The highest BCUT2D eigenvalue weighted by atomic mass is 32.2. The minimum absolute atomic E-state index is 0.000421. The van der Waals surface area contributed by atoms with Crippen molar-refractivity contribution in [3.8, 4) is 0 Å². The first-order valence-corrected chi connectivity index (χ1v) is 10.2. The van der Waals surface area contributed by atoms with Gasteiger partial charge in [-0.15, -0.1) is 0 Å². The Bertz CT molecular complexity index is 953. The van der Waals surface area contributed by atoms with Crippen LogP contribution in [-0.2, 0) is 24.3 Å². The highest BCUT2D eigenvalue weighted by Gasteiger charge is 2.28. The number of hydrogen-bond donors (Lipinski definition) is 1. The van der Waals surface area contributed by atoms with Crippen molar-refractivity contribution in [1.82, 2.24) is 0 Å². The fourth-order valence-corrected chi connectivity index (χ4v) is 3.96. The van der Waals surface area contributed by atoms with Crippen molar-refractivity contribution >= 4 is 33.3 Å². The number of esters is 1. The molecule has 0 saturated heterocycles. The molecule has 2 aromatic rings. The Labute approximate surface area is 165 Å². The Morgan fingerprint density at radius 3 is 2.29 bits per heavy atom. The van der Waals surface area contributed by atoms with Gasteiger partial charge < -0.3 is 10.1 Å². The molecular formula is C20H24N2O5S. The average Bonchev–Trinajstić information content (AvgIpc) is 2.59. The molecule has 0 aliphatic rings. The highest BCUT2D eigenvalue weighted by molar-refractivity contribution is 7.92. The summed E-state index contributed by atoms with van der Waals surface area (Å²) in [6.45, 7) is 6.15. The van der Waals surface area contributed by atoms with Crippen LogP contribution in [-0.4, -0.2) is 32.9 Å². The van der Waals surface area contributed by atoms with Crippen molar-refractivity contribution in [3.05, 3.63) is 54.1 Å². The quantitative estimate of drug-likeness (QED) is 0.716. The van der Waals surface area contributed by atoms with Crippen LogP contribution >= 0.6 is 0 Å². The van der Waals surface area contributed by atoms with Gasteiger partial charge in [0, 0.05) is 12.6 Å². The number of anilines is 2. The average molecular weight is 404 g/mol. The number of ether oxygens (including phenoxy) is 1. The van der Waals surface area contributed by atoms with Crippen LogP contribution in [0.1, 0.15) is 26.3 Å². The van der Waals surface area contributed by atoms with Gasteiger partial charge in [0.05, 0.1) is 16.7 Å². The van der Waals surface area contributed by atoms with Gasteiger partial charge in [-0.05, 0) is 62.7 Å². The summed E-state index contributed by atoms with van der Waals surface area (Å²) in [5.41, 5.74) is 1.70. The monoisotopic (exact) mass is 404 g/mol. The summed E-state index contributed by atoms with van der Waals surface area (Å²) in [7, 11) is -4.03. The molecule has 0 spiro atoms. The molecule has 0 heterocycles. The van der Waals surface area contributed by atoms with Crippen molar-refractivity contribution in [2.45, 2.75) is 38.7 Å². The van der Waals surface area contributed by atoms with Gasteiger partial charge in [-0.3, -0.25) is 13.9 Å². The maximum Gasteiger partial charge on any atom is 0.327 e. The third-order valence-electron chi connectivity index (χ3n) is 3.69. The molecule has 28 heavy (non-hydrogen) atoms. The molecule has 8 heteroatoms. The van der Waals surface area contributed by atoms with Crippen LogP contribution in [0.2, 0.25) is 0 Å². The molecule has 2 aromatic carbocycles. The van der Waals surface area contributed by atoms with Gasteiger partial charge in [-0.25, -0.2) is 8.42 Å². The van der Waals surface area contributed by atoms with E-state index >= 15 is 0 Å². The summed E-state index contributed by atoms with van der Waals surface area (Å²) in [4.78, 5) is 23.3. The van der Waals surface area contributed by atoms with Gasteiger partial charge in [0.2, 0.25) is 5.91 Å². The van der Waals surface area contributed by atoms with E-state index in [2.05, 4.69) is 5.32 Å². The predicted octanol–water partition coefficient (Wildman–Crippen LogP) is 3.10. The molecule has 1 amide bonds. The van der Waals surface area contributed by atoms with E-state index in [9.17, 15) is 18.0 Å². The SMILES string of the molecule is CC(=O)Nc1ccc(S(=O)(=O)N(CC(=O)OC(C)C)c2cccc(C)c2)cc1. The summed E-state index contributed by atoms with van der Waals surface area (Å²) in [5.74, 6) is -0.900. The number of sulfonamides is 1. The molecule has 0 fully saturated rings. The number of hydrogen-bond acceptors (Lipinski definition) is 5. The van der Waals surface area contributed by atoms with Gasteiger partial charge in [0.15, 0.2) is 0 Å². The standard InChI is InChI=1S/C20H24N2O5S/c1-14(2)27-20(24)13-22(18-7-5-6-15(3)12-18)28(25,26)19-10-8-17(9-11-19)21-16(4)23/h5-12,14H,13H2,1-4H3,(H,21,23). The molecule has 0 atom stereocenters. The van der Waals surface area contributed by atoms with Crippen molar-refractivity contribution in [3.63, 3.8) is 0 Å². The molecule has 0 radical (unpaired) electrons. The number of aryl methyl sites for hydroxylation is 1. The molecule has 0 aliphatic carbocycles. The van der Waals surface area contributed by atoms with E-state index < -0.39 is 22.5 Å². The predicted molar refractivity (Wildman–Crippen MR) is 108 cm³/mol. The first-order valence-electron chi connectivity index (χ1n) is 8.76. The minimum Gasteiger partial charge on any atom is -0.462 e. The molecule has 0 saturated carbocycles. The van der Waals surface area contributed by atoms with Crippen LogP contribution in [0.15, 0.2) is 53.4 Å². The summed E-state index contributed by atoms with van der Waals surface area (Å²) < 4.78 is 32.6. The number of benzene rings is 2. The lowest BCUT2D eigenvalue weighted by atomic mass is 10.2. The van der Waals surface area contributed by atoms with Crippen molar-refractivity contribution in [2.24, 2.45) is 0 Å². The first-order chi connectivity index (χ1) is 13.1. The Hall–Kier alpha value is -2.87. The molecule has 0 unspecified atom stereocenters. The van der Waals surface area contributed by atoms with E-state index in [0.717, 1.165) is 9.87 Å². The van der Waals surface area contributed by atoms with Crippen molar-refractivity contribution < 1.29 is 22.7 Å². The maximum absolute atomic E-state index is 13.2. The van der Waals surface area contributed by atoms with E-state index in [1.165, 1.54) is 31.2 Å². The summed E-state index contributed by atoms with van der Waals surface area (Å²) in [6, 6.07) is 12.6. The number of amides is 1. The molecule has 0 aromatic heterocycles. The van der Waals surface area contributed by atoms with Crippen molar-refractivity contribution in [1.29, 1.82) is 0 Å². The third-order valence-corrected chi connectivity index (χ3v) is 5.48. The second-order valence-electron chi connectivity index (χ2n) is 6.59. The van der Waals surface area contributed by atoms with Crippen LogP contribution in [0.25, 0.3) is 0 Å². The van der Waals surface area contributed by atoms with Crippen LogP contribution in [0.5, 0.6) is 0 Å². The lowest BCUT2D eigenvalue weighted by molar-refractivity contribution is -0.145. The largest absolute Gasteiger partial charge is 0.462 e. The Morgan fingerprint density at radius 1 is 1.11 bits per heavy atom. The Kier molecular flexibility index (Phi) is 6.80. The fraction of sp³-hybridized carbons (Fsp3) is 0.300. The lowest BCUT2D eigenvalue weighted by Crippen LogP contribution is -2.37. The lowest BCUT2D eigenvalue weighted by Gasteiger charge is -2.24. The molecule has 150 valence electrons. The number of nitrogens with zero attached hydrogens (tertiary/aromatic N) is 1. The molecule has 2 rings (SSSR count). The molecule has 0 aliphatic heterocycles. The zero-order chi connectivity index (χ0) is 20.9. The van der Waals surface area contributed by atoms with Crippen LogP contribution < -0.4 is 9.62 Å². The molecular weight excluding hydrogens is 380 g/mol. The Morgan fingerprint density at radius 2 is 1.75 bits per heavy atom. The van der Waals surface area contributed by atoms with Gasteiger partial charge in [-0.1, -0.05) is 12.1 Å². The van der Waals surface area contributed by atoms with Gasteiger partial charge in [0.1, 0.15) is 6.54 Å². The number of carbonyl (C=O) groups excluding carboxylic acids is 2. The van der Waals surface area contributed by atoms with E-state index in [-0.39, 0.29) is 16.9 Å². The van der Waals surface area contributed by atoms with E-state index in [0.29, 0.717) is 11.4 Å². The Balaban J connectivity index is 2.42. The highest BCUT2D eigenvalue weighted by Crippen LogP contribution is 2.25. The van der Waals surface area contributed by atoms with Gasteiger partial charge >= 0.3 is 5.97 Å². The summed E-state index contributed by atoms with van der Waals surface area (Å²) in [5, 5.41) is 2.58. The zero-order valence-electron chi connectivity index (χ0n) is 16.3. The molecule has 7 nitrogen and oxygen atoms in total. The second kappa shape index (κ2) is 8.88. The summed E-state index contributed by atoms with van der Waals surface area (Å²) in [6.07, 6.45) is -0.355. The number of carbonyl (C=O) groups is 2. The van der Waals surface area contributed by atoms with E-state index in [1.807, 2.05) is 13.0 Å². The first kappa shape index (κ1) is 21.4. The number of rotatable bonds is 7. The maximum atomic E-state index is 13.2. The molecule has 0 bridgehead atoms. The van der Waals surface area contributed by atoms with Crippen LogP contribution in [0.3, 0.4) is 0 Å². The molecule has 1 N–H and O–H groups in total. The smallest absolute Gasteiger partial charge is 0.327 e. The van der Waals surface area contributed by atoms with Gasteiger partial charge in [0.25, 0.3) is 10.0 Å². The second-order valence-corrected chi connectivity index (χ2v) is 8.46. The van der Waals surface area contributed by atoms with Gasteiger partial charge in [-0.2, -0.15) is 0 Å². The normalized spacial score (nSPS) is 11.2. The zero-order valence-corrected chi connectivity index (χ0v) is 17.1. The summed E-state index contributed by atoms with van der Waals surface area (Å²) >= 11 is 0. The minimum atomic E-state index is -4.03. The van der Waals surface area contributed by atoms with E-state index in [1.54, 1.807) is 32.0 Å². The van der Waals surface area contributed by atoms with E-state index in [4.69, 9.17) is 4.74 Å². The van der Waals surface area contributed by atoms with Crippen LogP contribution in [0.4, 0.5) is 11.4 Å². The number of nitrogens with one attached hydrogen (secondary N) is 1.